The largest absolute Gasteiger partial charge is 0.459 e. The summed E-state index contributed by atoms with van der Waals surface area (Å²) in [6.45, 7) is 16.3. The van der Waals surface area contributed by atoms with Crippen LogP contribution in [0.25, 0.3) is 0 Å². The lowest BCUT2D eigenvalue weighted by Gasteiger charge is -2.48. The van der Waals surface area contributed by atoms with Gasteiger partial charge in [0.05, 0.1) is 42.0 Å². The molecule has 3 saturated heterocycles. The van der Waals surface area contributed by atoms with E-state index in [1.807, 2.05) is 46.7 Å². The Labute approximate surface area is 305 Å². The van der Waals surface area contributed by atoms with Gasteiger partial charge in [-0.15, -0.1) is 0 Å². The van der Waals surface area contributed by atoms with Gasteiger partial charge >= 0.3 is 5.97 Å². The molecule has 3 aliphatic heterocycles. The number of Topliss-reactive ketones (excluding diaryl/α,β-unsaturated/α-hetero) is 1. The normalized spacial score (nSPS) is 46.8. The number of esters is 1. The number of hydrogen-bond acceptors (Lipinski definition) is 13. The molecule has 3 rings (SSSR count). The molecule has 13 heteroatoms. The summed E-state index contributed by atoms with van der Waals surface area (Å²) < 4.78 is 37.7. The van der Waals surface area contributed by atoms with Crippen LogP contribution in [0.3, 0.4) is 0 Å². The molecular formula is C38H69NO12. The fourth-order valence-corrected chi connectivity index (χ4v) is 8.41. The number of ether oxygens (including phenoxy) is 6. The summed E-state index contributed by atoms with van der Waals surface area (Å²) in [4.78, 5) is 29.8. The molecule has 0 aromatic rings. The molecule has 17 atom stereocenters. The van der Waals surface area contributed by atoms with Crippen molar-refractivity contribution in [3.8, 4) is 0 Å². The number of rotatable bonds is 9. The molecule has 0 aromatic carbocycles. The van der Waals surface area contributed by atoms with Crippen molar-refractivity contribution in [2.24, 2.45) is 23.7 Å². The maximum absolute atomic E-state index is 14.2. The van der Waals surface area contributed by atoms with Crippen LogP contribution in [-0.4, -0.2) is 137 Å². The average Bonchev–Trinajstić information content (AvgIpc) is 3.09. The van der Waals surface area contributed by atoms with Gasteiger partial charge in [-0.25, -0.2) is 0 Å². The highest BCUT2D eigenvalue weighted by Crippen LogP contribution is 2.40. The fraction of sp³-hybridized carbons (Fsp3) is 0.947. The summed E-state index contributed by atoms with van der Waals surface area (Å²) in [6, 6.07) is -0.228. The Morgan fingerprint density at radius 1 is 0.922 bits per heavy atom. The molecule has 51 heavy (non-hydrogen) atoms. The van der Waals surface area contributed by atoms with Gasteiger partial charge in [0, 0.05) is 37.8 Å². The van der Waals surface area contributed by atoms with E-state index >= 15 is 0 Å². The van der Waals surface area contributed by atoms with Crippen molar-refractivity contribution in [1.82, 2.24) is 4.90 Å². The van der Waals surface area contributed by atoms with E-state index in [0.29, 0.717) is 19.3 Å². The zero-order chi connectivity index (χ0) is 38.6. The number of cyclic esters (lactones) is 1. The predicted molar refractivity (Wildman–Crippen MR) is 189 cm³/mol. The molecule has 3 heterocycles. The van der Waals surface area contributed by atoms with Crippen LogP contribution in [0.15, 0.2) is 0 Å². The number of carbonyl (C=O) groups is 2. The number of nitrogens with zero attached hydrogens (tertiary/aromatic N) is 1. The van der Waals surface area contributed by atoms with Crippen LogP contribution in [-0.2, 0) is 38.0 Å². The lowest BCUT2D eigenvalue weighted by atomic mass is 9.76. The number of methoxy groups -OCH3 is 1. The third-order valence-corrected chi connectivity index (χ3v) is 12.2. The van der Waals surface area contributed by atoms with Gasteiger partial charge in [0.15, 0.2) is 12.6 Å². The molecule has 0 radical (unpaired) electrons. The van der Waals surface area contributed by atoms with Gasteiger partial charge in [0.2, 0.25) is 0 Å². The summed E-state index contributed by atoms with van der Waals surface area (Å²) in [5.74, 6) is -3.15. The molecule has 3 aliphatic rings. The second-order valence-corrected chi connectivity index (χ2v) is 16.0. The summed E-state index contributed by atoms with van der Waals surface area (Å²) >= 11 is 0. The van der Waals surface area contributed by atoms with E-state index in [0.717, 1.165) is 0 Å². The maximum Gasteiger partial charge on any atom is 0.311 e. The van der Waals surface area contributed by atoms with Crippen molar-refractivity contribution in [3.63, 3.8) is 0 Å². The zero-order valence-corrected chi connectivity index (χ0v) is 33.1. The van der Waals surface area contributed by atoms with Crippen molar-refractivity contribution in [2.75, 3.05) is 21.2 Å². The van der Waals surface area contributed by atoms with Crippen LogP contribution in [0.1, 0.15) is 107 Å². The molecule has 3 fully saturated rings. The molecule has 13 nitrogen and oxygen atoms in total. The molecule has 0 amide bonds. The quantitative estimate of drug-likeness (QED) is 0.255. The lowest BCUT2D eigenvalue weighted by Crippen LogP contribution is -2.59. The smallest absolute Gasteiger partial charge is 0.311 e. The van der Waals surface area contributed by atoms with Crippen LogP contribution >= 0.6 is 0 Å². The Morgan fingerprint density at radius 3 is 2.12 bits per heavy atom. The summed E-state index contributed by atoms with van der Waals surface area (Å²) in [6.07, 6.45) is -7.09. The van der Waals surface area contributed by atoms with E-state index in [9.17, 15) is 30.0 Å². The number of likely N-dealkylation sites (N-methyl/N-ethyl adjacent to an activating group) is 1. The standard InChI is InChI=1S/C38H69NO12/c1-13-25-16-20(4)27(40)18-28(41)38(45,15-3)29(14-2)49-35(44)23(7)32(50-30-19-37(9,46-12)34(43)24(8)48-30)22(6)33(25)51-36-31(42)26(39(10)11)17-21(5)47-36/h20-26,28-34,36,41-43,45H,13-19H2,1-12H3/t20-,21-,22+,23-,24+,25+,26+,28-,29-,30+,31-,32+,33-,34+,36+,37-,38+/m1/s1. The minimum atomic E-state index is -1.85. The highest BCUT2D eigenvalue weighted by atomic mass is 16.7. The van der Waals surface area contributed by atoms with Gasteiger partial charge in [0.1, 0.15) is 29.7 Å². The molecule has 0 spiro atoms. The van der Waals surface area contributed by atoms with E-state index in [1.165, 1.54) is 7.11 Å². The van der Waals surface area contributed by atoms with Gasteiger partial charge in [-0.2, -0.15) is 0 Å². The minimum Gasteiger partial charge on any atom is -0.459 e. The number of hydrogen-bond donors (Lipinski definition) is 4. The monoisotopic (exact) mass is 731 g/mol. The summed E-state index contributed by atoms with van der Waals surface area (Å²) in [7, 11) is 5.33. The third kappa shape index (κ3) is 9.89. The van der Waals surface area contributed by atoms with E-state index in [2.05, 4.69) is 0 Å². The van der Waals surface area contributed by atoms with Crippen LogP contribution in [0.2, 0.25) is 0 Å². The Kier molecular flexibility index (Phi) is 15.9. The van der Waals surface area contributed by atoms with Gasteiger partial charge in [-0.3, -0.25) is 9.59 Å². The van der Waals surface area contributed by atoms with Crippen molar-refractivity contribution in [2.45, 2.75) is 186 Å². The number of aliphatic hydroxyl groups excluding tert-OH is 3. The van der Waals surface area contributed by atoms with Crippen molar-refractivity contribution >= 4 is 11.8 Å². The number of aliphatic hydroxyl groups is 4. The summed E-state index contributed by atoms with van der Waals surface area (Å²) in [5, 5.41) is 45.5. The first kappa shape index (κ1) is 44.1. The van der Waals surface area contributed by atoms with Crippen LogP contribution in [0.4, 0.5) is 0 Å². The van der Waals surface area contributed by atoms with Crippen LogP contribution < -0.4 is 0 Å². The van der Waals surface area contributed by atoms with E-state index in [1.54, 1.807) is 34.6 Å². The molecule has 4 N–H and O–H groups in total. The lowest BCUT2D eigenvalue weighted by molar-refractivity contribution is -0.309. The minimum absolute atomic E-state index is 0.0572. The van der Waals surface area contributed by atoms with Gasteiger partial charge < -0.3 is 53.7 Å². The first-order chi connectivity index (χ1) is 23.8. The first-order valence-electron chi connectivity index (χ1n) is 19.1. The highest BCUT2D eigenvalue weighted by Gasteiger charge is 2.51. The van der Waals surface area contributed by atoms with E-state index < -0.39 is 90.2 Å². The first-order valence-corrected chi connectivity index (χ1v) is 19.1. The maximum atomic E-state index is 14.2. The molecule has 0 saturated carbocycles. The SMILES string of the molecule is CC[C@H]1C[C@@H](C)C(=O)C[C@@H](O)[C@@](O)(CC)[C@@H](CC)OC(=O)[C@H](C)[C@@H](O[C@H]2C[C@@](C)(OC)[C@@H](O)[C@H](C)O2)[C@H](C)[C@H]1O[C@@H]1O[C@H](C)C[C@H](N(C)C)[C@H]1O. The fourth-order valence-electron chi connectivity index (χ4n) is 8.41. The number of carbonyl (C=O) groups excluding carboxylic acids is 2. The topological polar surface area (TPSA) is 174 Å². The second-order valence-electron chi connectivity index (χ2n) is 16.0. The Balaban J connectivity index is 2.16. The van der Waals surface area contributed by atoms with Gasteiger partial charge in [-0.1, -0.05) is 41.0 Å². The molecule has 0 aromatic heterocycles. The molecule has 0 bridgehead atoms. The Morgan fingerprint density at radius 2 is 1.57 bits per heavy atom. The Hall–Kier alpha value is -1.26. The molecule has 0 unspecified atom stereocenters. The molecule has 0 aliphatic carbocycles. The Bertz CT molecular complexity index is 1130. The molecule has 298 valence electrons. The molecular weight excluding hydrogens is 662 g/mol. The highest BCUT2D eigenvalue weighted by molar-refractivity contribution is 5.81. The van der Waals surface area contributed by atoms with Crippen LogP contribution in [0, 0.1) is 23.7 Å². The van der Waals surface area contributed by atoms with Crippen molar-refractivity contribution < 1.29 is 58.4 Å². The summed E-state index contributed by atoms with van der Waals surface area (Å²) in [5.41, 5.74) is -2.85. The van der Waals surface area contributed by atoms with Crippen molar-refractivity contribution in [3.05, 3.63) is 0 Å². The zero-order valence-electron chi connectivity index (χ0n) is 33.1. The average molecular weight is 732 g/mol. The van der Waals surface area contributed by atoms with Gasteiger partial charge in [-0.05, 0) is 73.4 Å². The van der Waals surface area contributed by atoms with Crippen LogP contribution in [0.5, 0.6) is 0 Å². The predicted octanol–water partition coefficient (Wildman–Crippen LogP) is 3.20. The van der Waals surface area contributed by atoms with Crippen molar-refractivity contribution in [1.29, 1.82) is 0 Å². The van der Waals surface area contributed by atoms with E-state index in [4.69, 9.17) is 28.4 Å². The van der Waals surface area contributed by atoms with E-state index in [-0.39, 0.29) is 49.5 Å². The van der Waals surface area contributed by atoms with Gasteiger partial charge in [0.25, 0.3) is 0 Å². The number of ketones is 1. The second kappa shape index (κ2) is 18.4. The third-order valence-electron chi connectivity index (χ3n) is 12.2.